The molecule has 0 radical (unpaired) electrons. The summed E-state index contributed by atoms with van der Waals surface area (Å²) in [5.41, 5.74) is 2.39. The molecule has 0 saturated heterocycles. The summed E-state index contributed by atoms with van der Waals surface area (Å²) in [6, 6.07) is 10.8. The fourth-order valence-corrected chi connectivity index (χ4v) is 2.63. The zero-order valence-electron chi connectivity index (χ0n) is 11.0. The van der Waals surface area contributed by atoms with Crippen LogP contribution in [0.15, 0.2) is 42.6 Å². The molecule has 20 heavy (non-hydrogen) atoms. The van der Waals surface area contributed by atoms with E-state index in [1.165, 1.54) is 23.9 Å². The van der Waals surface area contributed by atoms with Gasteiger partial charge in [0, 0.05) is 12.6 Å². The lowest BCUT2D eigenvalue weighted by atomic mass is 9.93. The Bertz CT molecular complexity index is 603. The monoisotopic (exact) mass is 273 g/mol. The molecule has 0 fully saturated rings. The van der Waals surface area contributed by atoms with Crippen molar-refractivity contribution in [3.05, 3.63) is 65.2 Å². The summed E-state index contributed by atoms with van der Waals surface area (Å²) in [5, 5.41) is 10.2. The van der Waals surface area contributed by atoms with Gasteiger partial charge in [-0.05, 0) is 29.7 Å². The maximum absolute atomic E-state index is 13.6. The van der Waals surface area contributed by atoms with Gasteiger partial charge in [-0.25, -0.2) is 4.39 Å². The molecule has 4 heteroatoms. The minimum atomic E-state index is -0.965. The van der Waals surface area contributed by atoms with E-state index < -0.39 is 11.9 Å². The molecule has 0 spiro atoms. The number of aromatic nitrogens is 1. The zero-order valence-corrected chi connectivity index (χ0v) is 11.0. The Morgan fingerprint density at radius 3 is 3.00 bits per heavy atom. The first-order chi connectivity index (χ1) is 9.75. The summed E-state index contributed by atoms with van der Waals surface area (Å²) in [6.07, 6.45) is 1.49. The third kappa shape index (κ3) is 2.57. The molecule has 0 bridgehead atoms. The van der Waals surface area contributed by atoms with Gasteiger partial charge in [0.25, 0.3) is 0 Å². The average molecular weight is 273 g/mol. The van der Waals surface area contributed by atoms with Crippen LogP contribution in [0.2, 0.25) is 0 Å². The third-order valence-electron chi connectivity index (χ3n) is 3.63. The van der Waals surface area contributed by atoms with Gasteiger partial charge >= 0.3 is 0 Å². The summed E-state index contributed by atoms with van der Waals surface area (Å²) >= 11 is 0. The van der Waals surface area contributed by atoms with Crippen LogP contribution < -0.4 is 0 Å². The van der Waals surface area contributed by atoms with Gasteiger partial charge in [0.1, 0.15) is 17.6 Å². The van der Waals surface area contributed by atoms with Crippen molar-refractivity contribution in [1.82, 2.24) is 4.98 Å². The number of fused-ring (bicyclic) bond motifs is 1. The largest absolute Gasteiger partial charge is 0.387 e. The summed E-state index contributed by atoms with van der Waals surface area (Å²) < 4.78 is 19.4. The standard InChI is InChI=1S/C16H16FNO2/c17-13-6-3-8-18-16(13)14(19)10-15-12-5-2-1-4-11(12)7-9-20-15/h1-6,8,14-15,19H,7,9-10H2. The first kappa shape index (κ1) is 13.2. The molecule has 3 rings (SSSR count). The van der Waals surface area contributed by atoms with Gasteiger partial charge in [-0.2, -0.15) is 0 Å². The second-order valence-corrected chi connectivity index (χ2v) is 4.93. The van der Waals surface area contributed by atoms with Crippen molar-refractivity contribution in [2.45, 2.75) is 25.0 Å². The highest BCUT2D eigenvalue weighted by atomic mass is 19.1. The highest BCUT2D eigenvalue weighted by Gasteiger charge is 2.25. The Kier molecular flexibility index (Phi) is 3.76. The molecule has 1 aliphatic rings. The van der Waals surface area contributed by atoms with Crippen molar-refractivity contribution in [3.8, 4) is 0 Å². The molecule has 0 aliphatic carbocycles. The van der Waals surface area contributed by atoms with Crippen molar-refractivity contribution < 1.29 is 14.2 Å². The van der Waals surface area contributed by atoms with Gasteiger partial charge in [-0.15, -0.1) is 0 Å². The van der Waals surface area contributed by atoms with Crippen molar-refractivity contribution in [2.75, 3.05) is 6.61 Å². The minimum Gasteiger partial charge on any atom is -0.387 e. The van der Waals surface area contributed by atoms with E-state index in [1.54, 1.807) is 0 Å². The normalized spacial score (nSPS) is 19.4. The molecule has 3 nitrogen and oxygen atoms in total. The number of hydrogen-bond donors (Lipinski definition) is 1. The Labute approximate surface area is 117 Å². The topological polar surface area (TPSA) is 42.4 Å². The summed E-state index contributed by atoms with van der Waals surface area (Å²) in [5.74, 6) is -0.482. The quantitative estimate of drug-likeness (QED) is 0.935. The Hall–Kier alpha value is -1.78. The minimum absolute atomic E-state index is 0.0826. The molecule has 104 valence electrons. The molecule has 0 amide bonds. The lowest BCUT2D eigenvalue weighted by Gasteiger charge is -2.27. The van der Waals surface area contributed by atoms with Crippen LogP contribution in [0.1, 0.15) is 35.4 Å². The van der Waals surface area contributed by atoms with Crippen LogP contribution in [-0.2, 0) is 11.2 Å². The molecular weight excluding hydrogens is 257 g/mol. The average Bonchev–Trinajstić information content (AvgIpc) is 2.48. The number of ether oxygens (including phenoxy) is 1. The van der Waals surface area contributed by atoms with Crippen molar-refractivity contribution >= 4 is 0 Å². The van der Waals surface area contributed by atoms with E-state index in [1.807, 2.05) is 18.2 Å². The molecule has 1 aromatic carbocycles. The van der Waals surface area contributed by atoms with Gasteiger partial charge in [0.2, 0.25) is 0 Å². The van der Waals surface area contributed by atoms with Crippen LogP contribution in [0, 0.1) is 5.82 Å². The summed E-state index contributed by atoms with van der Waals surface area (Å²) in [7, 11) is 0. The molecule has 2 heterocycles. The molecule has 2 atom stereocenters. The molecule has 2 unspecified atom stereocenters. The third-order valence-corrected chi connectivity index (χ3v) is 3.63. The fraction of sp³-hybridized carbons (Fsp3) is 0.312. The van der Waals surface area contributed by atoms with E-state index in [9.17, 15) is 9.50 Å². The number of rotatable bonds is 3. The number of hydrogen-bond acceptors (Lipinski definition) is 3. The molecule has 1 N–H and O–H groups in total. The van der Waals surface area contributed by atoms with Gasteiger partial charge in [0.15, 0.2) is 0 Å². The number of halogens is 1. The number of benzene rings is 1. The molecule has 2 aromatic rings. The van der Waals surface area contributed by atoms with Gasteiger partial charge in [-0.3, -0.25) is 4.98 Å². The van der Waals surface area contributed by atoms with Crippen molar-refractivity contribution in [3.63, 3.8) is 0 Å². The van der Waals surface area contributed by atoms with E-state index in [0.717, 1.165) is 12.0 Å². The number of aliphatic hydroxyl groups is 1. The van der Waals surface area contributed by atoms with Gasteiger partial charge < -0.3 is 9.84 Å². The first-order valence-corrected chi connectivity index (χ1v) is 6.73. The van der Waals surface area contributed by atoms with E-state index >= 15 is 0 Å². The predicted molar refractivity (Wildman–Crippen MR) is 72.6 cm³/mol. The maximum atomic E-state index is 13.6. The van der Waals surface area contributed by atoms with Crippen LogP contribution in [0.3, 0.4) is 0 Å². The molecule has 1 aromatic heterocycles. The zero-order chi connectivity index (χ0) is 13.9. The lowest BCUT2D eigenvalue weighted by molar-refractivity contribution is 0.00199. The van der Waals surface area contributed by atoms with Crippen LogP contribution in [0.5, 0.6) is 0 Å². The second kappa shape index (κ2) is 5.69. The molecular formula is C16H16FNO2. The second-order valence-electron chi connectivity index (χ2n) is 4.93. The number of pyridine rings is 1. The fourth-order valence-electron chi connectivity index (χ4n) is 2.63. The highest BCUT2D eigenvalue weighted by molar-refractivity contribution is 5.31. The number of aliphatic hydroxyl groups excluding tert-OH is 1. The lowest BCUT2D eigenvalue weighted by Crippen LogP contribution is -2.19. The SMILES string of the molecule is OC(CC1OCCc2ccccc21)c1ncccc1F. The van der Waals surface area contributed by atoms with Crippen LogP contribution in [0.4, 0.5) is 4.39 Å². The first-order valence-electron chi connectivity index (χ1n) is 6.73. The van der Waals surface area contributed by atoms with Gasteiger partial charge in [-0.1, -0.05) is 24.3 Å². The van der Waals surface area contributed by atoms with E-state index in [0.29, 0.717) is 13.0 Å². The Balaban J connectivity index is 1.81. The van der Waals surface area contributed by atoms with Crippen LogP contribution in [-0.4, -0.2) is 16.7 Å². The van der Waals surface area contributed by atoms with Crippen molar-refractivity contribution in [1.29, 1.82) is 0 Å². The molecule has 0 saturated carbocycles. The van der Waals surface area contributed by atoms with E-state index in [4.69, 9.17) is 4.74 Å². The Morgan fingerprint density at radius 1 is 1.30 bits per heavy atom. The van der Waals surface area contributed by atoms with E-state index in [-0.39, 0.29) is 11.8 Å². The van der Waals surface area contributed by atoms with Crippen LogP contribution >= 0.6 is 0 Å². The Morgan fingerprint density at radius 2 is 2.15 bits per heavy atom. The predicted octanol–water partition coefficient (Wildman–Crippen LogP) is 2.96. The summed E-state index contributed by atoms with van der Waals surface area (Å²) in [6.45, 7) is 0.624. The summed E-state index contributed by atoms with van der Waals surface area (Å²) in [4.78, 5) is 3.92. The maximum Gasteiger partial charge on any atom is 0.147 e. The molecule has 1 aliphatic heterocycles. The highest BCUT2D eigenvalue weighted by Crippen LogP contribution is 2.34. The van der Waals surface area contributed by atoms with Gasteiger partial charge in [0.05, 0.1) is 12.7 Å². The smallest absolute Gasteiger partial charge is 0.147 e. The number of nitrogens with zero attached hydrogens (tertiary/aromatic N) is 1. The van der Waals surface area contributed by atoms with E-state index in [2.05, 4.69) is 11.1 Å². The van der Waals surface area contributed by atoms with Crippen molar-refractivity contribution in [2.24, 2.45) is 0 Å². The van der Waals surface area contributed by atoms with Crippen LogP contribution in [0.25, 0.3) is 0 Å².